The molecule has 0 fully saturated rings. The summed E-state index contributed by atoms with van der Waals surface area (Å²) in [6.45, 7) is -0.0802. The van der Waals surface area contributed by atoms with Crippen molar-refractivity contribution in [2.75, 3.05) is 6.54 Å². The Morgan fingerprint density at radius 1 is 1.24 bits per heavy atom. The van der Waals surface area contributed by atoms with Gasteiger partial charge in [0.1, 0.15) is 11.9 Å². The molecule has 0 saturated carbocycles. The fourth-order valence-electron chi connectivity index (χ4n) is 1.68. The van der Waals surface area contributed by atoms with Gasteiger partial charge in [0.2, 0.25) is 10.0 Å². The number of benzene rings is 1. The Hall–Kier alpha value is -1.77. The molecule has 114 valence electrons. The Labute approximate surface area is 120 Å². The molecule has 1 atom stereocenters. The van der Waals surface area contributed by atoms with Crippen molar-refractivity contribution in [3.63, 3.8) is 0 Å². The summed E-state index contributed by atoms with van der Waals surface area (Å²) >= 11 is 0. The van der Waals surface area contributed by atoms with Crippen LogP contribution in [0.4, 0.5) is 8.78 Å². The van der Waals surface area contributed by atoms with Crippen molar-refractivity contribution in [2.24, 2.45) is 0 Å². The van der Waals surface area contributed by atoms with Gasteiger partial charge in [-0.2, -0.15) is 0 Å². The van der Waals surface area contributed by atoms with Crippen LogP contribution in [0.3, 0.4) is 0 Å². The minimum atomic E-state index is -3.96. The van der Waals surface area contributed by atoms with Crippen LogP contribution in [0.15, 0.2) is 45.9 Å². The van der Waals surface area contributed by atoms with Gasteiger partial charge in [-0.05, 0) is 36.8 Å². The van der Waals surface area contributed by atoms with Crippen molar-refractivity contribution in [2.45, 2.75) is 17.4 Å². The van der Waals surface area contributed by atoms with E-state index in [2.05, 4.69) is 4.72 Å². The topological polar surface area (TPSA) is 79.5 Å². The minimum Gasteiger partial charge on any atom is -0.467 e. The molecule has 2 rings (SSSR count). The molecule has 0 bridgehead atoms. The molecule has 0 saturated heterocycles. The Balaban J connectivity index is 1.96. The maximum atomic E-state index is 13.0. The smallest absolute Gasteiger partial charge is 0.240 e. The van der Waals surface area contributed by atoms with Crippen molar-refractivity contribution in [1.82, 2.24) is 4.72 Å². The third-order valence-electron chi connectivity index (χ3n) is 2.78. The van der Waals surface area contributed by atoms with Gasteiger partial charge < -0.3 is 9.52 Å². The van der Waals surface area contributed by atoms with Crippen molar-refractivity contribution in [3.8, 4) is 0 Å². The normalized spacial score (nSPS) is 13.3. The second-order valence-electron chi connectivity index (χ2n) is 4.29. The third-order valence-corrected chi connectivity index (χ3v) is 4.24. The van der Waals surface area contributed by atoms with E-state index in [-0.39, 0.29) is 17.9 Å². The maximum Gasteiger partial charge on any atom is 0.240 e. The largest absolute Gasteiger partial charge is 0.467 e. The first-order chi connectivity index (χ1) is 9.90. The van der Waals surface area contributed by atoms with Gasteiger partial charge in [0.25, 0.3) is 0 Å². The van der Waals surface area contributed by atoms with Gasteiger partial charge in [-0.25, -0.2) is 21.9 Å². The lowest BCUT2D eigenvalue weighted by molar-refractivity contribution is 0.142. The predicted molar refractivity (Wildman–Crippen MR) is 69.8 cm³/mol. The molecule has 0 radical (unpaired) electrons. The summed E-state index contributed by atoms with van der Waals surface area (Å²) in [7, 11) is -3.96. The zero-order valence-electron chi connectivity index (χ0n) is 10.8. The van der Waals surface area contributed by atoms with Crippen molar-refractivity contribution in [1.29, 1.82) is 0 Å². The van der Waals surface area contributed by atoms with Gasteiger partial charge >= 0.3 is 0 Å². The van der Waals surface area contributed by atoms with Crippen LogP contribution in [-0.4, -0.2) is 20.1 Å². The van der Waals surface area contributed by atoms with E-state index in [4.69, 9.17) is 4.42 Å². The Bertz CT molecular complexity index is 701. The van der Waals surface area contributed by atoms with Crippen molar-refractivity contribution < 1.29 is 26.7 Å². The summed E-state index contributed by atoms with van der Waals surface area (Å²) in [6, 6.07) is 5.46. The highest BCUT2D eigenvalue weighted by molar-refractivity contribution is 7.89. The summed E-state index contributed by atoms with van der Waals surface area (Å²) in [5.41, 5.74) is 0. The highest BCUT2D eigenvalue weighted by atomic mass is 32.2. The van der Waals surface area contributed by atoms with Crippen LogP contribution < -0.4 is 4.72 Å². The van der Waals surface area contributed by atoms with E-state index in [1.54, 1.807) is 12.1 Å². The number of rotatable bonds is 6. The van der Waals surface area contributed by atoms with E-state index in [1.165, 1.54) is 6.26 Å². The van der Waals surface area contributed by atoms with Gasteiger partial charge in [0.05, 0.1) is 11.2 Å². The van der Waals surface area contributed by atoms with Crippen LogP contribution in [0.25, 0.3) is 0 Å². The first-order valence-corrected chi connectivity index (χ1v) is 7.54. The molecular formula is C13H13F2NO4S. The molecule has 0 aliphatic heterocycles. The van der Waals surface area contributed by atoms with Gasteiger partial charge in [-0.3, -0.25) is 0 Å². The summed E-state index contributed by atoms with van der Waals surface area (Å²) in [5.74, 6) is -2.04. The molecule has 1 aromatic carbocycles. The molecule has 2 N–H and O–H groups in total. The zero-order valence-corrected chi connectivity index (χ0v) is 11.6. The molecule has 1 heterocycles. The van der Waals surface area contributed by atoms with Gasteiger partial charge in [0.15, 0.2) is 11.6 Å². The zero-order chi connectivity index (χ0) is 15.5. The standard InChI is InChI=1S/C13H13F2NO4S/c14-10-4-3-9(8-11(10)15)21(18,19)16-6-5-12(17)13-2-1-7-20-13/h1-4,7-8,12,16-17H,5-6H2. The Morgan fingerprint density at radius 3 is 2.62 bits per heavy atom. The van der Waals surface area contributed by atoms with Crippen LogP contribution in [0.5, 0.6) is 0 Å². The number of halogens is 2. The first kappa shape index (κ1) is 15.6. The molecule has 1 aromatic heterocycles. The minimum absolute atomic E-state index is 0.0798. The lowest BCUT2D eigenvalue weighted by Gasteiger charge is -2.10. The van der Waals surface area contributed by atoms with Crippen molar-refractivity contribution >= 4 is 10.0 Å². The molecule has 5 nitrogen and oxygen atoms in total. The molecule has 0 aliphatic rings. The molecular weight excluding hydrogens is 304 g/mol. The molecule has 21 heavy (non-hydrogen) atoms. The SMILES string of the molecule is O=S(=O)(NCCC(O)c1ccco1)c1ccc(F)c(F)c1. The molecule has 2 aromatic rings. The van der Waals surface area contributed by atoms with Crippen LogP contribution in [0.1, 0.15) is 18.3 Å². The summed E-state index contributed by atoms with van der Waals surface area (Å²) in [6.07, 6.45) is 0.521. The maximum absolute atomic E-state index is 13.0. The average Bonchev–Trinajstić information content (AvgIpc) is 2.95. The van der Waals surface area contributed by atoms with Gasteiger partial charge in [-0.15, -0.1) is 0 Å². The summed E-state index contributed by atoms with van der Waals surface area (Å²) in [5, 5.41) is 9.72. The van der Waals surface area contributed by atoms with Gasteiger partial charge in [-0.1, -0.05) is 0 Å². The second kappa shape index (κ2) is 6.33. The quantitative estimate of drug-likeness (QED) is 0.853. The molecule has 1 unspecified atom stereocenters. The molecule has 0 aliphatic carbocycles. The summed E-state index contributed by atoms with van der Waals surface area (Å²) < 4.78 is 56.7. The van der Waals surface area contributed by atoms with Crippen LogP contribution in [0.2, 0.25) is 0 Å². The van der Waals surface area contributed by atoms with Crippen molar-refractivity contribution in [3.05, 3.63) is 54.0 Å². The Morgan fingerprint density at radius 2 is 2.00 bits per heavy atom. The van der Waals surface area contributed by atoms with E-state index in [1.807, 2.05) is 0 Å². The predicted octanol–water partition coefficient (Wildman–Crippen LogP) is 1.96. The average molecular weight is 317 g/mol. The fraction of sp³-hybridized carbons (Fsp3) is 0.231. The Kier molecular flexibility index (Phi) is 4.71. The first-order valence-electron chi connectivity index (χ1n) is 6.06. The fourth-order valence-corrected chi connectivity index (χ4v) is 2.74. The number of nitrogens with one attached hydrogen (secondary N) is 1. The number of sulfonamides is 1. The molecule has 0 amide bonds. The highest BCUT2D eigenvalue weighted by Crippen LogP contribution is 2.17. The molecule has 0 spiro atoms. The summed E-state index contributed by atoms with van der Waals surface area (Å²) in [4.78, 5) is -0.381. The third kappa shape index (κ3) is 3.87. The van der Waals surface area contributed by atoms with E-state index in [0.29, 0.717) is 11.8 Å². The molecule has 8 heteroatoms. The van der Waals surface area contributed by atoms with E-state index in [0.717, 1.165) is 12.1 Å². The van der Waals surface area contributed by atoms with Crippen LogP contribution in [0, 0.1) is 11.6 Å². The van der Waals surface area contributed by atoms with Gasteiger partial charge in [0, 0.05) is 6.54 Å². The number of hydrogen-bond donors (Lipinski definition) is 2. The van der Waals surface area contributed by atoms with Crippen LogP contribution in [-0.2, 0) is 10.0 Å². The number of hydrogen-bond acceptors (Lipinski definition) is 4. The lowest BCUT2D eigenvalue weighted by Crippen LogP contribution is -2.26. The van der Waals surface area contributed by atoms with E-state index < -0.39 is 27.8 Å². The second-order valence-corrected chi connectivity index (χ2v) is 6.06. The monoisotopic (exact) mass is 317 g/mol. The van der Waals surface area contributed by atoms with E-state index in [9.17, 15) is 22.3 Å². The highest BCUT2D eigenvalue weighted by Gasteiger charge is 2.17. The number of aliphatic hydroxyl groups excluding tert-OH is 1. The lowest BCUT2D eigenvalue weighted by atomic mass is 10.2. The van der Waals surface area contributed by atoms with Crippen LogP contribution >= 0.6 is 0 Å². The van der Waals surface area contributed by atoms with E-state index >= 15 is 0 Å². The number of furan rings is 1. The number of aliphatic hydroxyl groups is 1.